The van der Waals surface area contributed by atoms with E-state index in [4.69, 9.17) is 5.11 Å². The standard InChI is InChI=1S/C20H19N3O3S2/c1-27-17-5-3-2-4-16(17)21-11-13-6-8-14(9-7-13)19(26)23-20-22-15(12-28-20)10-18(24)25/h2-9,12,21H,10-11H2,1H3,(H,24,25)(H,22,23,26). The number of rotatable bonds is 8. The van der Waals surface area contributed by atoms with Gasteiger partial charge in [0.2, 0.25) is 0 Å². The summed E-state index contributed by atoms with van der Waals surface area (Å²) in [5, 5.41) is 16.9. The van der Waals surface area contributed by atoms with Crippen molar-refractivity contribution < 1.29 is 14.7 Å². The highest BCUT2D eigenvalue weighted by Crippen LogP contribution is 2.25. The molecule has 0 bridgehead atoms. The van der Waals surface area contributed by atoms with Crippen LogP contribution in [-0.2, 0) is 17.8 Å². The molecule has 0 saturated carbocycles. The Balaban J connectivity index is 1.58. The number of aromatic nitrogens is 1. The Morgan fingerprint density at radius 2 is 1.89 bits per heavy atom. The average Bonchev–Trinajstić information content (AvgIpc) is 3.12. The number of amides is 1. The Morgan fingerprint density at radius 3 is 2.61 bits per heavy atom. The van der Waals surface area contributed by atoms with Crippen LogP contribution in [0.25, 0.3) is 0 Å². The number of thiazole rings is 1. The Kier molecular flexibility index (Phi) is 6.67. The van der Waals surface area contributed by atoms with E-state index in [0.717, 1.165) is 11.3 Å². The molecule has 0 aliphatic carbocycles. The first kappa shape index (κ1) is 19.9. The van der Waals surface area contributed by atoms with E-state index in [-0.39, 0.29) is 12.3 Å². The molecule has 3 rings (SSSR count). The fraction of sp³-hybridized carbons (Fsp3) is 0.150. The number of nitrogens with one attached hydrogen (secondary N) is 2. The molecule has 8 heteroatoms. The lowest BCUT2D eigenvalue weighted by molar-refractivity contribution is -0.136. The number of carbonyl (C=O) groups excluding carboxylic acids is 1. The number of anilines is 2. The summed E-state index contributed by atoms with van der Waals surface area (Å²) in [5.74, 6) is -1.23. The largest absolute Gasteiger partial charge is 0.481 e. The zero-order valence-electron chi connectivity index (χ0n) is 15.1. The molecular formula is C20H19N3O3S2. The number of carboxylic acid groups (broad SMARTS) is 1. The molecule has 0 fully saturated rings. The number of thioether (sulfide) groups is 1. The van der Waals surface area contributed by atoms with Crippen LogP contribution in [0.1, 0.15) is 21.6 Å². The molecule has 1 amide bonds. The van der Waals surface area contributed by atoms with Gasteiger partial charge in [0.15, 0.2) is 5.13 Å². The fourth-order valence-corrected chi connectivity index (χ4v) is 3.81. The van der Waals surface area contributed by atoms with E-state index < -0.39 is 5.97 Å². The lowest BCUT2D eigenvalue weighted by Gasteiger charge is -2.10. The smallest absolute Gasteiger partial charge is 0.309 e. The Morgan fingerprint density at radius 1 is 1.14 bits per heavy atom. The van der Waals surface area contributed by atoms with E-state index in [2.05, 4.69) is 21.7 Å². The maximum Gasteiger partial charge on any atom is 0.309 e. The second kappa shape index (κ2) is 9.38. The van der Waals surface area contributed by atoms with Crippen LogP contribution < -0.4 is 10.6 Å². The molecule has 0 atom stereocenters. The summed E-state index contributed by atoms with van der Waals surface area (Å²) >= 11 is 2.90. The van der Waals surface area contributed by atoms with Crippen LogP contribution in [0, 0.1) is 0 Å². The second-order valence-corrected chi connectivity index (χ2v) is 7.63. The third-order valence-electron chi connectivity index (χ3n) is 3.91. The monoisotopic (exact) mass is 413 g/mol. The van der Waals surface area contributed by atoms with Crippen molar-refractivity contribution in [3.05, 3.63) is 70.7 Å². The summed E-state index contributed by atoms with van der Waals surface area (Å²) in [4.78, 5) is 28.3. The predicted molar refractivity (Wildman–Crippen MR) is 113 cm³/mol. The molecule has 28 heavy (non-hydrogen) atoms. The van der Waals surface area contributed by atoms with Crippen molar-refractivity contribution in [2.45, 2.75) is 17.9 Å². The maximum atomic E-state index is 12.3. The highest BCUT2D eigenvalue weighted by Gasteiger charge is 2.11. The third-order valence-corrected chi connectivity index (χ3v) is 5.51. The summed E-state index contributed by atoms with van der Waals surface area (Å²) in [5.41, 5.74) is 3.09. The minimum Gasteiger partial charge on any atom is -0.481 e. The predicted octanol–water partition coefficient (Wildman–Crippen LogP) is 4.36. The third kappa shape index (κ3) is 5.34. The van der Waals surface area contributed by atoms with Crippen LogP contribution in [0.5, 0.6) is 0 Å². The highest BCUT2D eigenvalue weighted by atomic mass is 32.2. The molecule has 1 aromatic heterocycles. The van der Waals surface area contributed by atoms with Gasteiger partial charge >= 0.3 is 5.97 Å². The summed E-state index contributed by atoms with van der Waals surface area (Å²) < 4.78 is 0. The van der Waals surface area contributed by atoms with Gasteiger partial charge in [0.25, 0.3) is 5.91 Å². The summed E-state index contributed by atoms with van der Waals surface area (Å²) in [6.45, 7) is 0.657. The molecule has 0 radical (unpaired) electrons. The van der Waals surface area contributed by atoms with Gasteiger partial charge in [-0.2, -0.15) is 0 Å². The quantitative estimate of drug-likeness (QED) is 0.476. The van der Waals surface area contributed by atoms with Gasteiger partial charge in [0.1, 0.15) is 0 Å². The van der Waals surface area contributed by atoms with Crippen molar-refractivity contribution in [3.8, 4) is 0 Å². The number of carbonyl (C=O) groups is 2. The molecule has 2 aromatic carbocycles. The zero-order chi connectivity index (χ0) is 19.9. The number of aliphatic carboxylic acids is 1. The first-order valence-corrected chi connectivity index (χ1v) is 10.6. The van der Waals surface area contributed by atoms with Crippen molar-refractivity contribution in [1.29, 1.82) is 0 Å². The number of hydrogen-bond acceptors (Lipinski definition) is 6. The minimum atomic E-state index is -0.951. The van der Waals surface area contributed by atoms with Crippen molar-refractivity contribution in [3.63, 3.8) is 0 Å². The van der Waals surface area contributed by atoms with Crippen LogP contribution in [-0.4, -0.2) is 28.2 Å². The van der Waals surface area contributed by atoms with Crippen molar-refractivity contribution in [2.24, 2.45) is 0 Å². The first-order valence-electron chi connectivity index (χ1n) is 8.48. The van der Waals surface area contributed by atoms with Crippen LogP contribution in [0.15, 0.2) is 58.8 Å². The molecule has 3 N–H and O–H groups in total. The lowest BCUT2D eigenvalue weighted by Crippen LogP contribution is -2.12. The number of nitrogens with zero attached hydrogens (tertiary/aromatic N) is 1. The van der Waals surface area contributed by atoms with Crippen molar-refractivity contribution >= 4 is 45.8 Å². The van der Waals surface area contributed by atoms with Crippen LogP contribution in [0.4, 0.5) is 10.8 Å². The molecule has 6 nitrogen and oxygen atoms in total. The zero-order valence-corrected chi connectivity index (χ0v) is 16.8. The van der Waals surface area contributed by atoms with Crippen LogP contribution >= 0.6 is 23.1 Å². The van der Waals surface area contributed by atoms with Gasteiger partial charge in [-0.25, -0.2) is 4.98 Å². The normalized spacial score (nSPS) is 10.5. The van der Waals surface area contributed by atoms with Gasteiger partial charge in [0, 0.05) is 28.1 Å². The number of benzene rings is 2. The van der Waals surface area contributed by atoms with Gasteiger partial charge in [-0.1, -0.05) is 24.3 Å². The van der Waals surface area contributed by atoms with Gasteiger partial charge in [0.05, 0.1) is 12.1 Å². The van der Waals surface area contributed by atoms with E-state index in [1.807, 2.05) is 36.6 Å². The van der Waals surface area contributed by atoms with E-state index in [1.165, 1.54) is 16.2 Å². The summed E-state index contributed by atoms with van der Waals surface area (Å²) in [6, 6.07) is 15.5. The van der Waals surface area contributed by atoms with Crippen LogP contribution in [0.2, 0.25) is 0 Å². The lowest BCUT2D eigenvalue weighted by atomic mass is 10.1. The van der Waals surface area contributed by atoms with E-state index in [9.17, 15) is 9.59 Å². The molecule has 0 saturated heterocycles. The summed E-state index contributed by atoms with van der Waals surface area (Å²) in [7, 11) is 0. The van der Waals surface area contributed by atoms with Gasteiger partial charge < -0.3 is 10.4 Å². The molecule has 0 aliphatic heterocycles. The Labute approximate surface area is 171 Å². The first-order chi connectivity index (χ1) is 13.5. The minimum absolute atomic E-state index is 0.159. The Bertz CT molecular complexity index is 971. The molecule has 0 spiro atoms. The number of hydrogen-bond donors (Lipinski definition) is 3. The molecule has 0 aliphatic rings. The molecule has 144 valence electrons. The maximum absolute atomic E-state index is 12.3. The molecular weight excluding hydrogens is 394 g/mol. The van der Waals surface area contributed by atoms with Crippen molar-refractivity contribution in [1.82, 2.24) is 4.98 Å². The fourth-order valence-electron chi connectivity index (χ4n) is 2.53. The SMILES string of the molecule is CSc1ccccc1NCc1ccc(C(=O)Nc2nc(CC(=O)O)cs2)cc1. The van der Waals surface area contributed by atoms with Crippen LogP contribution in [0.3, 0.4) is 0 Å². The number of para-hydroxylation sites is 1. The van der Waals surface area contributed by atoms with E-state index >= 15 is 0 Å². The second-order valence-electron chi connectivity index (χ2n) is 5.92. The van der Waals surface area contributed by atoms with E-state index in [1.54, 1.807) is 29.3 Å². The van der Waals surface area contributed by atoms with Gasteiger partial charge in [-0.15, -0.1) is 23.1 Å². The van der Waals surface area contributed by atoms with E-state index in [0.29, 0.717) is 22.9 Å². The number of carboxylic acids is 1. The molecule has 0 unspecified atom stereocenters. The van der Waals surface area contributed by atoms with Crippen molar-refractivity contribution in [2.75, 3.05) is 16.9 Å². The highest BCUT2D eigenvalue weighted by molar-refractivity contribution is 7.98. The molecule has 3 aromatic rings. The topological polar surface area (TPSA) is 91.3 Å². The van der Waals surface area contributed by atoms with Gasteiger partial charge in [-0.05, 0) is 36.1 Å². The Hall–Kier alpha value is -2.84. The molecule has 1 heterocycles. The average molecular weight is 414 g/mol. The van der Waals surface area contributed by atoms with Gasteiger partial charge in [-0.3, -0.25) is 14.9 Å². The summed E-state index contributed by atoms with van der Waals surface area (Å²) in [6.07, 6.45) is 1.88.